The van der Waals surface area contributed by atoms with Gasteiger partial charge in [-0.15, -0.1) is 0 Å². The summed E-state index contributed by atoms with van der Waals surface area (Å²) in [5.41, 5.74) is -1.00. The van der Waals surface area contributed by atoms with Crippen LogP contribution in [-0.2, 0) is 10.2 Å². The summed E-state index contributed by atoms with van der Waals surface area (Å²) in [5.74, 6) is -1.00. The molecule has 1 aliphatic rings. The number of carboxylic acid groups (broad SMARTS) is 1. The summed E-state index contributed by atoms with van der Waals surface area (Å²) >= 11 is 0. The van der Waals surface area contributed by atoms with Gasteiger partial charge in [0.15, 0.2) is 0 Å². The molecule has 1 aromatic rings. The van der Waals surface area contributed by atoms with E-state index >= 15 is 0 Å². The molecule has 0 radical (unpaired) electrons. The minimum Gasteiger partial charge on any atom is -0.481 e. The number of pyridine rings is 1. The molecule has 0 saturated heterocycles. The first kappa shape index (κ1) is 9.57. The number of aliphatic carboxylic acids is 1. The average Bonchev–Trinajstić information content (AvgIpc) is 2.98. The molecular formula is C9H8N2O4. The SMILES string of the molecule is O=C(O)C1(c2ccncc2[N+](=O)[O-])CC1. The number of carboxylic acids is 1. The molecule has 6 heteroatoms. The molecule has 1 aromatic heterocycles. The first-order valence-corrected chi connectivity index (χ1v) is 4.40. The minimum atomic E-state index is -1.05. The van der Waals surface area contributed by atoms with E-state index in [0.717, 1.165) is 6.20 Å². The summed E-state index contributed by atoms with van der Waals surface area (Å²) in [6.45, 7) is 0. The molecule has 1 fully saturated rings. The largest absolute Gasteiger partial charge is 0.481 e. The van der Waals surface area contributed by atoms with E-state index in [4.69, 9.17) is 5.11 Å². The monoisotopic (exact) mass is 208 g/mol. The second kappa shape index (κ2) is 3.01. The molecule has 78 valence electrons. The lowest BCUT2D eigenvalue weighted by molar-refractivity contribution is -0.386. The van der Waals surface area contributed by atoms with Crippen molar-refractivity contribution in [2.24, 2.45) is 0 Å². The van der Waals surface area contributed by atoms with Crippen molar-refractivity contribution in [1.82, 2.24) is 4.98 Å². The molecule has 0 amide bonds. The van der Waals surface area contributed by atoms with Crippen LogP contribution in [-0.4, -0.2) is 21.0 Å². The van der Waals surface area contributed by atoms with Crippen molar-refractivity contribution in [3.8, 4) is 0 Å². The highest BCUT2D eigenvalue weighted by atomic mass is 16.6. The van der Waals surface area contributed by atoms with Gasteiger partial charge in [-0.1, -0.05) is 0 Å². The Hall–Kier alpha value is -1.98. The Labute approximate surface area is 84.7 Å². The third-order valence-electron chi connectivity index (χ3n) is 2.67. The Morgan fingerprint density at radius 2 is 2.27 bits per heavy atom. The van der Waals surface area contributed by atoms with Gasteiger partial charge in [0, 0.05) is 6.20 Å². The lowest BCUT2D eigenvalue weighted by Crippen LogP contribution is -2.20. The van der Waals surface area contributed by atoms with E-state index in [2.05, 4.69) is 4.98 Å². The van der Waals surface area contributed by atoms with Crippen molar-refractivity contribution in [2.75, 3.05) is 0 Å². The Kier molecular flexibility index (Phi) is 1.92. The molecular weight excluding hydrogens is 200 g/mol. The maximum absolute atomic E-state index is 11.0. The summed E-state index contributed by atoms with van der Waals surface area (Å²) in [4.78, 5) is 24.7. The fraction of sp³-hybridized carbons (Fsp3) is 0.333. The number of hydrogen-bond acceptors (Lipinski definition) is 4. The lowest BCUT2D eigenvalue weighted by atomic mass is 9.96. The number of rotatable bonds is 3. The predicted octanol–water partition coefficient (Wildman–Crippen LogP) is 1.11. The normalized spacial score (nSPS) is 17.1. The van der Waals surface area contributed by atoms with Crippen molar-refractivity contribution in [1.29, 1.82) is 0 Å². The van der Waals surface area contributed by atoms with Crippen LogP contribution in [0.4, 0.5) is 5.69 Å². The summed E-state index contributed by atoms with van der Waals surface area (Å²) in [6, 6.07) is 1.42. The molecule has 2 rings (SSSR count). The zero-order chi connectivity index (χ0) is 11.1. The highest BCUT2D eigenvalue weighted by Gasteiger charge is 2.54. The van der Waals surface area contributed by atoms with Gasteiger partial charge in [0.2, 0.25) is 0 Å². The fourth-order valence-electron chi connectivity index (χ4n) is 1.66. The van der Waals surface area contributed by atoms with E-state index in [1.165, 1.54) is 12.3 Å². The van der Waals surface area contributed by atoms with Crippen LogP contribution in [0.15, 0.2) is 18.5 Å². The fourth-order valence-corrected chi connectivity index (χ4v) is 1.66. The van der Waals surface area contributed by atoms with Crippen LogP contribution in [0.1, 0.15) is 18.4 Å². The highest BCUT2D eigenvalue weighted by molar-refractivity contribution is 5.86. The van der Waals surface area contributed by atoms with E-state index in [0.29, 0.717) is 12.8 Å². The van der Waals surface area contributed by atoms with Crippen molar-refractivity contribution in [3.63, 3.8) is 0 Å². The van der Waals surface area contributed by atoms with Gasteiger partial charge in [-0.3, -0.25) is 19.9 Å². The third-order valence-corrected chi connectivity index (χ3v) is 2.67. The molecule has 0 spiro atoms. The van der Waals surface area contributed by atoms with Gasteiger partial charge < -0.3 is 5.11 Å². The smallest absolute Gasteiger partial charge is 0.314 e. The molecule has 0 aliphatic heterocycles. The second-order valence-corrected chi connectivity index (χ2v) is 3.54. The molecule has 6 nitrogen and oxygen atoms in total. The van der Waals surface area contributed by atoms with Crippen LogP contribution in [0, 0.1) is 10.1 Å². The van der Waals surface area contributed by atoms with Crippen molar-refractivity contribution >= 4 is 11.7 Å². The zero-order valence-electron chi connectivity index (χ0n) is 7.71. The van der Waals surface area contributed by atoms with Crippen molar-refractivity contribution in [2.45, 2.75) is 18.3 Å². The molecule has 1 saturated carbocycles. The highest BCUT2D eigenvalue weighted by Crippen LogP contribution is 2.50. The van der Waals surface area contributed by atoms with Crippen LogP contribution in [0.3, 0.4) is 0 Å². The van der Waals surface area contributed by atoms with Gasteiger partial charge in [-0.05, 0) is 18.9 Å². The van der Waals surface area contributed by atoms with E-state index in [1.54, 1.807) is 0 Å². The molecule has 0 unspecified atom stereocenters. The maximum Gasteiger partial charge on any atom is 0.314 e. The number of aromatic nitrogens is 1. The number of carbonyl (C=O) groups is 1. The van der Waals surface area contributed by atoms with Gasteiger partial charge in [-0.25, -0.2) is 0 Å². The van der Waals surface area contributed by atoms with Crippen LogP contribution in [0.2, 0.25) is 0 Å². The first-order chi connectivity index (χ1) is 7.08. The van der Waals surface area contributed by atoms with Crippen molar-refractivity contribution < 1.29 is 14.8 Å². The van der Waals surface area contributed by atoms with Crippen LogP contribution in [0.5, 0.6) is 0 Å². The average molecular weight is 208 g/mol. The second-order valence-electron chi connectivity index (χ2n) is 3.54. The minimum absolute atomic E-state index is 0.211. The van der Waals surface area contributed by atoms with E-state index in [1.807, 2.05) is 0 Å². The van der Waals surface area contributed by atoms with Crippen LogP contribution < -0.4 is 0 Å². The summed E-state index contributed by atoms with van der Waals surface area (Å²) in [6.07, 6.45) is 3.38. The number of nitro groups is 1. The standard InChI is InChI=1S/C9H8N2O4/c12-8(13)9(2-3-9)6-1-4-10-5-7(6)11(14)15/h1,4-5H,2-3H2,(H,12,13). The summed E-state index contributed by atoms with van der Waals surface area (Å²) < 4.78 is 0. The van der Waals surface area contributed by atoms with Crippen molar-refractivity contribution in [3.05, 3.63) is 34.1 Å². The number of nitrogens with zero attached hydrogens (tertiary/aromatic N) is 2. The summed E-state index contributed by atoms with van der Waals surface area (Å²) in [7, 11) is 0. The Bertz CT molecular complexity index is 439. The molecule has 0 aromatic carbocycles. The quantitative estimate of drug-likeness (QED) is 0.593. The molecule has 15 heavy (non-hydrogen) atoms. The van der Waals surface area contributed by atoms with Gasteiger partial charge in [0.1, 0.15) is 6.20 Å². The summed E-state index contributed by atoms with van der Waals surface area (Å²) in [5, 5.41) is 19.7. The van der Waals surface area contributed by atoms with E-state index in [9.17, 15) is 14.9 Å². The van der Waals surface area contributed by atoms with Crippen LogP contribution in [0.25, 0.3) is 0 Å². The zero-order valence-corrected chi connectivity index (χ0v) is 7.71. The molecule has 0 atom stereocenters. The molecule has 1 aliphatic carbocycles. The first-order valence-electron chi connectivity index (χ1n) is 4.40. The lowest BCUT2D eigenvalue weighted by Gasteiger charge is -2.09. The van der Waals surface area contributed by atoms with Gasteiger partial charge in [0.05, 0.1) is 15.9 Å². The van der Waals surface area contributed by atoms with E-state index in [-0.39, 0.29) is 11.3 Å². The topological polar surface area (TPSA) is 93.3 Å². The molecule has 1 heterocycles. The predicted molar refractivity (Wildman–Crippen MR) is 49.4 cm³/mol. The number of hydrogen-bond donors (Lipinski definition) is 1. The third kappa shape index (κ3) is 1.34. The van der Waals surface area contributed by atoms with E-state index < -0.39 is 16.3 Å². The Balaban J connectivity index is 2.53. The Morgan fingerprint density at radius 3 is 2.73 bits per heavy atom. The molecule has 1 N–H and O–H groups in total. The Morgan fingerprint density at radius 1 is 1.60 bits per heavy atom. The van der Waals surface area contributed by atoms with Gasteiger partial charge >= 0.3 is 5.97 Å². The molecule has 0 bridgehead atoms. The van der Waals surface area contributed by atoms with Gasteiger partial charge in [0.25, 0.3) is 5.69 Å². The van der Waals surface area contributed by atoms with Gasteiger partial charge in [-0.2, -0.15) is 0 Å². The maximum atomic E-state index is 11.0. The van der Waals surface area contributed by atoms with Crippen LogP contribution >= 0.6 is 0 Å².